The lowest BCUT2D eigenvalue weighted by Crippen LogP contribution is -2.62. The monoisotopic (exact) mass is 1620 g/mol. The van der Waals surface area contributed by atoms with Gasteiger partial charge in [0.1, 0.15) is 17.3 Å². The van der Waals surface area contributed by atoms with Crippen molar-refractivity contribution < 1.29 is 60.0 Å². The number of carboxylic acid groups (broad SMARTS) is 1. The quantitative estimate of drug-likeness (QED) is 0.0569. The van der Waals surface area contributed by atoms with Gasteiger partial charge in [0, 0.05) is 72.0 Å². The van der Waals surface area contributed by atoms with Crippen molar-refractivity contribution in [2.24, 2.45) is 88.5 Å². The highest BCUT2D eigenvalue weighted by atomic mass is 32.2. The van der Waals surface area contributed by atoms with E-state index in [1.807, 2.05) is 44.7 Å². The molecule has 0 aliphatic heterocycles. The lowest BCUT2D eigenvalue weighted by molar-refractivity contribution is -0.165. The molecule has 13 nitrogen and oxygen atoms in total. The standard InChI is InChI=1S/C33H46O5S.C32H47NO3S.C32H46O4S.CH4/c1-19-27-21(16-22(35)28(19)38)31(5)12-14-33(7)25-18-30(4,20(2)34)10-9-29(25,3)11-13-32(33,6)24(31)17-23(27)39-15-8-26(36)37;2*1-19-26-21(16-22(35)27(19)36)30(5)11-13-32(7)25-18-29(4,20(2)34)9-8-28(25,3)10-12-31(32,6)24(30)17-23(26)37-15-14-33;/h16-17,23,25,35,38H,8-15,18H2,1-7H3,(H,36,37);16-17,23,25,35-36H,8-15,18,33H2,1-7H3;16-17,23,25,33,35-36H,8-15,18H2,1-7H3;1H4/t23?,25-,29-,30-,31+,32-,33+;2*23?,25-,28-,29-,30+,31-,32+;/m111./s1. The Bertz CT molecular complexity index is 4320. The SMILES string of the molecule is C.CC(=O)[C@]1(C)CC[C@]2(C)CC[C@]3(C)C4=CC(SCCC(=O)O)c5c(cc(O)c(O)c5C)[C@]4(C)CC[C@@]3(C)[C@@H]2C1.CC(=O)[C@]1(C)CC[C@]2(C)CC[C@]3(C)C4=CC(SCCN)c5c(cc(O)c(O)c5C)[C@]4(C)CC[C@@]3(C)[C@@H]2C1.CC(=O)[C@]1(C)CC[C@]2(C)CC[C@]3(C)C4=CC(SCCO)c5c(cc(O)c(O)c5C)[C@]4(C)CC[C@@]3(C)[C@@H]2C1. The van der Waals surface area contributed by atoms with Gasteiger partial charge in [-0.3, -0.25) is 19.2 Å². The van der Waals surface area contributed by atoms with Crippen LogP contribution >= 0.6 is 35.3 Å². The average Bonchev–Trinajstić information content (AvgIpc) is 0.683. The number of aliphatic hydroxyl groups excluding tert-OH is 1. The zero-order chi connectivity index (χ0) is 83.1. The van der Waals surface area contributed by atoms with Crippen molar-refractivity contribution >= 4 is 58.6 Å². The van der Waals surface area contributed by atoms with Crippen LogP contribution < -0.4 is 5.73 Å². The number of carbonyl (C=O) groups excluding carboxylic acids is 3. The van der Waals surface area contributed by atoms with Crippen molar-refractivity contribution in [3.8, 4) is 34.5 Å². The molecule has 0 aromatic heterocycles. The lowest BCUT2D eigenvalue weighted by Gasteiger charge is -2.70. The number of carboxylic acids is 1. The van der Waals surface area contributed by atoms with Crippen LogP contribution in [0.1, 0.15) is 339 Å². The van der Waals surface area contributed by atoms with E-state index in [-0.39, 0.29) is 152 Å². The van der Waals surface area contributed by atoms with Crippen molar-refractivity contribution in [3.63, 3.8) is 0 Å². The maximum absolute atomic E-state index is 12.8. The molecule has 114 heavy (non-hydrogen) atoms. The number of hydrogen-bond donors (Lipinski definition) is 9. The Hall–Kier alpha value is -4.87. The zero-order valence-electron chi connectivity index (χ0n) is 72.5. The molecule has 0 saturated heterocycles. The molecule has 3 aromatic rings. The molecule has 0 amide bonds. The third-order valence-corrected chi connectivity index (χ3v) is 40.7. The van der Waals surface area contributed by atoms with Gasteiger partial charge in [-0.25, -0.2) is 0 Å². The average molecular weight is 1620 g/mol. The summed E-state index contributed by atoms with van der Waals surface area (Å²) < 4.78 is 0. The van der Waals surface area contributed by atoms with Crippen LogP contribution in [-0.4, -0.2) is 94.6 Å². The van der Waals surface area contributed by atoms with E-state index in [9.17, 15) is 60.0 Å². The summed E-state index contributed by atoms with van der Waals surface area (Å²) >= 11 is 5.19. The molecule has 0 spiro atoms. The molecule has 0 heterocycles. The van der Waals surface area contributed by atoms with Gasteiger partial charge in [-0.1, -0.05) is 146 Å². The number of hydrogen-bond acceptors (Lipinski definition) is 15. The first kappa shape index (κ1) is 88.4. The molecule has 21 atom stereocenters. The summed E-state index contributed by atoms with van der Waals surface area (Å²) in [6, 6.07) is 5.46. The van der Waals surface area contributed by atoms with E-state index < -0.39 is 5.97 Å². The summed E-state index contributed by atoms with van der Waals surface area (Å²) in [6.07, 6.45) is 29.8. The third-order valence-electron chi connectivity index (χ3n) is 37.2. The van der Waals surface area contributed by atoms with Crippen LogP contribution in [0, 0.1) is 104 Å². The smallest absolute Gasteiger partial charge is 0.304 e. The number of phenols is 6. The number of nitrogens with two attached hydrogens (primary N) is 1. The van der Waals surface area contributed by atoms with E-state index >= 15 is 0 Å². The molecule has 16 heteroatoms. The predicted molar refractivity (Wildman–Crippen MR) is 467 cm³/mol. The fourth-order valence-electron chi connectivity index (χ4n) is 28.1. The van der Waals surface area contributed by atoms with Crippen molar-refractivity contribution in [2.45, 2.75) is 326 Å². The molecule has 630 valence electrons. The maximum atomic E-state index is 12.8. The summed E-state index contributed by atoms with van der Waals surface area (Å²) in [7, 11) is 0. The minimum absolute atomic E-state index is 0. The van der Waals surface area contributed by atoms with Crippen molar-refractivity contribution in [3.05, 3.63) is 103 Å². The molecule has 9 fully saturated rings. The molecule has 3 unspecified atom stereocenters. The summed E-state index contributed by atoms with van der Waals surface area (Å²) in [5.74, 6) is 3.31. The van der Waals surface area contributed by atoms with Crippen LogP contribution in [0.25, 0.3) is 0 Å². The second kappa shape index (κ2) is 29.5. The number of Topliss-reactive ketones (excluding diaryl/α,β-unsaturated/α-hetero) is 3. The second-order valence-electron chi connectivity index (χ2n) is 42.6. The van der Waals surface area contributed by atoms with E-state index in [0.29, 0.717) is 58.7 Å². The zero-order valence-corrected chi connectivity index (χ0v) is 75.0. The Morgan fingerprint density at radius 1 is 0.395 bits per heavy atom. The summed E-state index contributed by atoms with van der Waals surface area (Å²) in [5, 5.41) is 83.3. The summed E-state index contributed by atoms with van der Waals surface area (Å²) in [5.41, 5.74) is 18.7. The molecular weight excluding hydrogens is 1480 g/mol. The number of phenolic OH excluding ortho intramolecular Hbond substituents is 6. The minimum atomic E-state index is -0.809. The number of fused-ring (bicyclic) bond motifs is 21. The Morgan fingerprint density at radius 3 is 0.912 bits per heavy atom. The first-order valence-electron chi connectivity index (χ1n) is 43.1. The Kier molecular flexibility index (Phi) is 22.9. The van der Waals surface area contributed by atoms with E-state index in [1.165, 1.54) is 35.1 Å². The van der Waals surface area contributed by atoms with Crippen molar-refractivity contribution in [1.82, 2.24) is 0 Å². The second-order valence-corrected chi connectivity index (χ2v) is 46.3. The number of aliphatic carboxylic acids is 1. The molecule has 15 rings (SSSR count). The highest BCUT2D eigenvalue weighted by Gasteiger charge is 2.71. The van der Waals surface area contributed by atoms with Gasteiger partial charge in [0.2, 0.25) is 0 Å². The third kappa shape index (κ3) is 12.9. The van der Waals surface area contributed by atoms with Gasteiger partial charge in [0.25, 0.3) is 0 Å². The molecule has 9 saturated carbocycles. The summed E-state index contributed by atoms with van der Waals surface area (Å²) in [4.78, 5) is 49.8. The molecule has 0 bridgehead atoms. The van der Waals surface area contributed by atoms with Crippen LogP contribution in [0.15, 0.2) is 53.1 Å². The Morgan fingerprint density at radius 2 is 0.658 bits per heavy atom. The van der Waals surface area contributed by atoms with Crippen LogP contribution in [-0.2, 0) is 35.4 Å². The normalized spacial score (nSPS) is 41.7. The van der Waals surface area contributed by atoms with Crippen molar-refractivity contribution in [2.75, 3.05) is 30.4 Å². The number of allylic oxidation sites excluding steroid dienone is 3. The molecule has 0 radical (unpaired) electrons. The molecule has 10 N–H and O–H groups in total. The molecule has 3 aromatic carbocycles. The van der Waals surface area contributed by atoms with Gasteiger partial charge < -0.3 is 46.6 Å². The van der Waals surface area contributed by atoms with E-state index in [1.54, 1.807) is 50.4 Å². The van der Waals surface area contributed by atoms with E-state index in [4.69, 9.17) is 5.73 Å². The van der Waals surface area contributed by atoms with Crippen LogP contribution in [0.5, 0.6) is 34.5 Å². The van der Waals surface area contributed by atoms with Gasteiger partial charge in [-0.2, -0.15) is 0 Å². The van der Waals surface area contributed by atoms with Gasteiger partial charge in [-0.05, 0) is 311 Å². The largest absolute Gasteiger partial charge is 0.504 e. The highest BCUT2D eigenvalue weighted by Crippen LogP contribution is 2.80. The Balaban J connectivity index is 0.000000158. The predicted octanol–water partition coefficient (Wildman–Crippen LogP) is 23.2. The Labute approximate surface area is 696 Å². The number of thioether (sulfide) groups is 3. The molecular formula is C98H143NO12S3. The topological polar surface area (TPSA) is 256 Å². The molecule has 12 aliphatic rings. The van der Waals surface area contributed by atoms with E-state index in [2.05, 4.69) is 122 Å². The maximum Gasteiger partial charge on any atom is 0.304 e. The first-order valence-corrected chi connectivity index (χ1v) is 46.3. The number of rotatable bonds is 13. The van der Waals surface area contributed by atoms with E-state index in [0.717, 1.165) is 167 Å². The van der Waals surface area contributed by atoms with Gasteiger partial charge in [-0.15, -0.1) is 35.3 Å². The number of aromatic hydroxyl groups is 6. The van der Waals surface area contributed by atoms with Crippen LogP contribution in [0.3, 0.4) is 0 Å². The number of aliphatic hydroxyl groups is 1. The lowest BCUT2D eigenvalue weighted by atomic mass is 9.34. The fraction of sp³-hybridized carbons (Fsp3) is 0.714. The summed E-state index contributed by atoms with van der Waals surface area (Å²) in [6.45, 7) is 47.9. The van der Waals surface area contributed by atoms with Crippen molar-refractivity contribution in [1.29, 1.82) is 0 Å². The highest BCUT2D eigenvalue weighted by molar-refractivity contribution is 8.00. The first-order chi connectivity index (χ1) is 52.4. The van der Waals surface area contributed by atoms with Crippen LogP contribution in [0.4, 0.5) is 0 Å². The van der Waals surface area contributed by atoms with Gasteiger partial charge in [0.05, 0.1) is 13.0 Å². The van der Waals surface area contributed by atoms with Gasteiger partial charge in [0.15, 0.2) is 34.5 Å². The van der Waals surface area contributed by atoms with Gasteiger partial charge >= 0.3 is 5.97 Å². The fourth-order valence-corrected chi connectivity index (χ4v) is 31.5. The number of carbonyl (C=O) groups is 4. The number of ketones is 3. The minimum Gasteiger partial charge on any atom is -0.504 e. The van der Waals surface area contributed by atoms with Crippen LogP contribution in [0.2, 0.25) is 0 Å². The number of benzene rings is 3. The molecule has 12 aliphatic carbocycles.